The summed E-state index contributed by atoms with van der Waals surface area (Å²) in [5.74, 6) is 0.473. The molecule has 2 amide bonds. The van der Waals surface area contributed by atoms with Gasteiger partial charge in [0, 0.05) is 25.3 Å². The van der Waals surface area contributed by atoms with Crippen molar-refractivity contribution < 1.29 is 9.59 Å². The highest BCUT2D eigenvalue weighted by Crippen LogP contribution is 2.27. The van der Waals surface area contributed by atoms with Crippen molar-refractivity contribution in [3.63, 3.8) is 0 Å². The lowest BCUT2D eigenvalue weighted by molar-refractivity contribution is -0.117. The molecule has 0 radical (unpaired) electrons. The van der Waals surface area contributed by atoms with Gasteiger partial charge in [-0.05, 0) is 6.42 Å². The molecule has 1 fully saturated rings. The van der Waals surface area contributed by atoms with Crippen LogP contribution in [0.1, 0.15) is 19.8 Å². The third-order valence-electron chi connectivity index (χ3n) is 2.10. The molecule has 5 nitrogen and oxygen atoms in total. The van der Waals surface area contributed by atoms with Crippen molar-refractivity contribution in [3.8, 4) is 0 Å². The van der Waals surface area contributed by atoms with E-state index in [0.29, 0.717) is 17.4 Å². The number of hydrogen-bond donors (Lipinski definition) is 1. The van der Waals surface area contributed by atoms with Gasteiger partial charge in [0.05, 0.1) is 0 Å². The largest absolute Gasteiger partial charge is 0.310 e. The maximum absolute atomic E-state index is 11.4. The van der Waals surface area contributed by atoms with Crippen molar-refractivity contribution in [2.75, 3.05) is 16.8 Å². The number of hydrogen-bond acceptors (Lipinski definition) is 4. The van der Waals surface area contributed by atoms with E-state index in [1.807, 2.05) is 0 Å². The second-order valence-corrected chi connectivity index (χ2v) is 4.18. The molecule has 1 N–H and O–H groups in total. The molecule has 1 aliphatic rings. The Bertz CT molecular complexity index is 402. The number of amides is 2. The van der Waals surface area contributed by atoms with Gasteiger partial charge in [0.1, 0.15) is 5.82 Å². The summed E-state index contributed by atoms with van der Waals surface area (Å²) in [5, 5.41) is 4.99. The molecule has 1 aliphatic heterocycles. The van der Waals surface area contributed by atoms with Crippen molar-refractivity contribution in [3.05, 3.63) is 5.38 Å². The number of carbonyl (C=O) groups excluding carboxylic acids is 2. The zero-order valence-electron chi connectivity index (χ0n) is 8.32. The molecular formula is C9H11N3O2S. The fraction of sp³-hybridized carbons (Fsp3) is 0.444. The summed E-state index contributed by atoms with van der Waals surface area (Å²) in [6, 6.07) is 0. The zero-order chi connectivity index (χ0) is 10.8. The first-order valence-electron chi connectivity index (χ1n) is 4.70. The Morgan fingerprint density at radius 1 is 1.67 bits per heavy atom. The van der Waals surface area contributed by atoms with E-state index in [1.165, 1.54) is 18.3 Å². The Balaban J connectivity index is 2.12. The van der Waals surface area contributed by atoms with Gasteiger partial charge in [-0.25, -0.2) is 4.98 Å². The van der Waals surface area contributed by atoms with E-state index >= 15 is 0 Å². The number of thiazole rings is 1. The lowest BCUT2D eigenvalue weighted by Gasteiger charge is -2.10. The van der Waals surface area contributed by atoms with Crippen molar-refractivity contribution in [2.24, 2.45) is 0 Å². The van der Waals surface area contributed by atoms with E-state index in [4.69, 9.17) is 0 Å². The van der Waals surface area contributed by atoms with Gasteiger partial charge in [0.25, 0.3) is 0 Å². The van der Waals surface area contributed by atoms with E-state index in [9.17, 15) is 9.59 Å². The van der Waals surface area contributed by atoms with Crippen LogP contribution < -0.4 is 10.2 Å². The monoisotopic (exact) mass is 225 g/mol. The molecule has 0 saturated carbocycles. The molecule has 80 valence electrons. The SMILES string of the molecule is CC(=O)Nc1csc(N2CCCC2=O)n1. The summed E-state index contributed by atoms with van der Waals surface area (Å²) < 4.78 is 0. The third kappa shape index (κ3) is 2.15. The third-order valence-corrected chi connectivity index (χ3v) is 2.96. The molecule has 6 heteroatoms. The van der Waals surface area contributed by atoms with Crippen LogP contribution in [0.25, 0.3) is 0 Å². The van der Waals surface area contributed by atoms with E-state index in [0.717, 1.165) is 13.0 Å². The highest BCUT2D eigenvalue weighted by atomic mass is 32.1. The molecule has 0 spiro atoms. The first-order chi connectivity index (χ1) is 7.16. The predicted molar refractivity (Wildman–Crippen MR) is 58.0 cm³/mol. The Hall–Kier alpha value is -1.43. The van der Waals surface area contributed by atoms with Crippen LogP contribution in [-0.2, 0) is 9.59 Å². The number of anilines is 2. The Morgan fingerprint density at radius 3 is 3.07 bits per heavy atom. The second-order valence-electron chi connectivity index (χ2n) is 3.35. The maximum atomic E-state index is 11.4. The molecular weight excluding hydrogens is 214 g/mol. The Kier molecular flexibility index (Phi) is 2.68. The first-order valence-corrected chi connectivity index (χ1v) is 5.58. The first kappa shape index (κ1) is 10.1. The Labute approximate surface area is 91.1 Å². The smallest absolute Gasteiger partial charge is 0.228 e. The molecule has 1 aromatic rings. The lowest BCUT2D eigenvalue weighted by atomic mass is 10.4. The van der Waals surface area contributed by atoms with Gasteiger partial charge in [-0.1, -0.05) is 0 Å². The van der Waals surface area contributed by atoms with Crippen LogP contribution in [0.5, 0.6) is 0 Å². The molecule has 1 aromatic heterocycles. The van der Waals surface area contributed by atoms with E-state index in [2.05, 4.69) is 10.3 Å². The van der Waals surface area contributed by atoms with Gasteiger partial charge >= 0.3 is 0 Å². The fourth-order valence-electron chi connectivity index (χ4n) is 1.48. The van der Waals surface area contributed by atoms with Gasteiger partial charge in [-0.2, -0.15) is 0 Å². The number of aromatic nitrogens is 1. The highest BCUT2D eigenvalue weighted by molar-refractivity contribution is 7.14. The Morgan fingerprint density at radius 2 is 2.47 bits per heavy atom. The molecule has 0 aliphatic carbocycles. The molecule has 2 heterocycles. The quantitative estimate of drug-likeness (QED) is 0.823. The molecule has 0 bridgehead atoms. The minimum Gasteiger partial charge on any atom is -0.310 e. The molecule has 2 rings (SSSR count). The topological polar surface area (TPSA) is 62.3 Å². The summed E-state index contributed by atoms with van der Waals surface area (Å²) in [4.78, 5) is 28.0. The van der Waals surface area contributed by atoms with Crippen LogP contribution in [0, 0.1) is 0 Å². The van der Waals surface area contributed by atoms with Gasteiger partial charge < -0.3 is 5.32 Å². The van der Waals surface area contributed by atoms with Gasteiger partial charge in [0.15, 0.2) is 5.13 Å². The predicted octanol–water partition coefficient (Wildman–Crippen LogP) is 1.23. The fourth-order valence-corrected chi connectivity index (χ4v) is 2.28. The van der Waals surface area contributed by atoms with E-state index < -0.39 is 0 Å². The van der Waals surface area contributed by atoms with E-state index in [1.54, 1.807) is 10.3 Å². The van der Waals surface area contributed by atoms with Crippen LogP contribution in [0.2, 0.25) is 0 Å². The number of rotatable bonds is 2. The second kappa shape index (κ2) is 3.98. The molecule has 0 aromatic carbocycles. The lowest BCUT2D eigenvalue weighted by Crippen LogP contribution is -2.23. The normalized spacial score (nSPS) is 15.8. The summed E-state index contributed by atoms with van der Waals surface area (Å²) in [7, 11) is 0. The van der Waals surface area contributed by atoms with Crippen LogP contribution in [0.4, 0.5) is 10.9 Å². The summed E-state index contributed by atoms with van der Waals surface area (Å²) in [6.07, 6.45) is 1.48. The standard InChI is InChI=1S/C9H11N3O2S/c1-6(13)10-7-5-15-9(11-7)12-4-2-3-8(12)14/h5H,2-4H2,1H3,(H,10,13). The van der Waals surface area contributed by atoms with Crippen molar-refractivity contribution in [1.29, 1.82) is 0 Å². The number of nitrogens with zero attached hydrogens (tertiary/aromatic N) is 2. The maximum Gasteiger partial charge on any atom is 0.228 e. The highest BCUT2D eigenvalue weighted by Gasteiger charge is 2.24. The van der Waals surface area contributed by atoms with Crippen LogP contribution in [0.15, 0.2) is 5.38 Å². The van der Waals surface area contributed by atoms with Crippen molar-refractivity contribution >= 4 is 34.1 Å². The van der Waals surface area contributed by atoms with Gasteiger partial charge in [-0.3, -0.25) is 14.5 Å². The molecule has 1 saturated heterocycles. The van der Waals surface area contributed by atoms with Crippen LogP contribution >= 0.6 is 11.3 Å². The van der Waals surface area contributed by atoms with Gasteiger partial charge in [0.2, 0.25) is 11.8 Å². The minimum absolute atomic E-state index is 0.110. The average Bonchev–Trinajstić information content (AvgIpc) is 2.72. The average molecular weight is 225 g/mol. The molecule has 0 unspecified atom stereocenters. The molecule has 0 atom stereocenters. The number of carbonyl (C=O) groups is 2. The van der Waals surface area contributed by atoms with Crippen LogP contribution in [-0.4, -0.2) is 23.3 Å². The zero-order valence-corrected chi connectivity index (χ0v) is 9.13. The molecule has 15 heavy (non-hydrogen) atoms. The van der Waals surface area contributed by atoms with Crippen molar-refractivity contribution in [1.82, 2.24) is 4.98 Å². The minimum atomic E-state index is -0.153. The summed E-state index contributed by atoms with van der Waals surface area (Å²) in [6.45, 7) is 2.16. The van der Waals surface area contributed by atoms with Crippen molar-refractivity contribution in [2.45, 2.75) is 19.8 Å². The summed E-state index contributed by atoms with van der Waals surface area (Å²) >= 11 is 1.37. The van der Waals surface area contributed by atoms with E-state index in [-0.39, 0.29) is 11.8 Å². The number of nitrogens with one attached hydrogen (secondary N) is 1. The van der Waals surface area contributed by atoms with Gasteiger partial charge in [-0.15, -0.1) is 11.3 Å². The summed E-state index contributed by atoms with van der Waals surface area (Å²) in [5.41, 5.74) is 0. The van der Waals surface area contributed by atoms with Crippen LogP contribution in [0.3, 0.4) is 0 Å².